The Morgan fingerprint density at radius 1 is 0.583 bits per heavy atom. The lowest BCUT2D eigenvalue weighted by Gasteiger charge is -2.19. The Morgan fingerprint density at radius 2 is 1.00 bits per heavy atom. The fraction of sp³-hybridized carbons (Fsp3) is 0.373. The topological polar surface area (TPSA) is 123 Å². The molecule has 0 aliphatic carbocycles. The van der Waals surface area contributed by atoms with Crippen LogP contribution >= 0.6 is 0 Å². The van der Waals surface area contributed by atoms with Crippen LogP contribution in [0.4, 0.5) is 13.6 Å². The van der Waals surface area contributed by atoms with Gasteiger partial charge in [-0.05, 0) is 104 Å². The molecule has 9 heteroatoms. The van der Waals surface area contributed by atoms with Gasteiger partial charge in [-0.15, -0.1) is 0 Å². The van der Waals surface area contributed by atoms with Crippen molar-refractivity contribution in [3.8, 4) is 0 Å². The first kappa shape index (κ1) is 50.7. The lowest BCUT2D eigenvalue weighted by atomic mass is 9.87. The number of halogens is 2. The Bertz CT molecular complexity index is 2050. The fourth-order valence-corrected chi connectivity index (χ4v) is 5.61. The van der Waals surface area contributed by atoms with Crippen molar-refractivity contribution >= 4 is 12.1 Å². The minimum absolute atomic E-state index is 0. The van der Waals surface area contributed by atoms with Crippen LogP contribution in [0, 0.1) is 11.6 Å². The second-order valence-electron chi connectivity index (χ2n) is 17.6. The van der Waals surface area contributed by atoms with Gasteiger partial charge in [0.25, 0.3) is 0 Å². The van der Waals surface area contributed by atoms with E-state index < -0.39 is 0 Å². The zero-order valence-corrected chi connectivity index (χ0v) is 37.2. The summed E-state index contributed by atoms with van der Waals surface area (Å²) in [6, 6.07) is 37.6. The SMILES string of the molecule is CC(C)(C)c1ccc(CN)cc1.CC(C)(C)c1ccc(CN=C=O)cc1.CC(C)(C)c1ccc(CNC(=O)NCCc2cccc(F)c2)cc1.NCCc1cccc(F)c1.[HH].[HH]. The highest BCUT2D eigenvalue weighted by Crippen LogP contribution is 2.24. The van der Waals surface area contributed by atoms with Crippen LogP contribution < -0.4 is 22.1 Å². The largest absolute Gasteiger partial charge is 0.338 e. The number of hydrogen-bond donors (Lipinski definition) is 4. The van der Waals surface area contributed by atoms with Crippen LogP contribution in [0.3, 0.4) is 0 Å². The van der Waals surface area contributed by atoms with Gasteiger partial charge in [0.15, 0.2) is 0 Å². The molecule has 0 radical (unpaired) electrons. The van der Waals surface area contributed by atoms with E-state index in [1.165, 1.54) is 52.6 Å². The maximum absolute atomic E-state index is 13.1. The lowest BCUT2D eigenvalue weighted by molar-refractivity contribution is 0.240. The summed E-state index contributed by atoms with van der Waals surface area (Å²) in [6.45, 7) is 22.3. The van der Waals surface area contributed by atoms with Crippen molar-refractivity contribution in [3.05, 3.63) is 177 Å². The quantitative estimate of drug-likeness (QED) is 0.0827. The molecule has 0 heterocycles. The van der Waals surface area contributed by atoms with E-state index in [4.69, 9.17) is 11.5 Å². The number of nitrogens with two attached hydrogens (primary N) is 2. The van der Waals surface area contributed by atoms with Crippen molar-refractivity contribution in [1.29, 1.82) is 0 Å². The van der Waals surface area contributed by atoms with E-state index >= 15 is 0 Å². The maximum Gasteiger partial charge on any atom is 0.315 e. The zero-order chi connectivity index (χ0) is 44.8. The number of amides is 2. The predicted molar refractivity (Wildman–Crippen MR) is 249 cm³/mol. The van der Waals surface area contributed by atoms with Crippen molar-refractivity contribution in [2.24, 2.45) is 16.5 Å². The summed E-state index contributed by atoms with van der Waals surface area (Å²) in [5.41, 5.74) is 20.4. The number of benzene rings is 5. The summed E-state index contributed by atoms with van der Waals surface area (Å²) < 4.78 is 25.5. The van der Waals surface area contributed by atoms with Crippen molar-refractivity contribution in [3.63, 3.8) is 0 Å². The normalized spacial score (nSPS) is 10.9. The number of nitrogens with zero attached hydrogens (tertiary/aromatic N) is 1. The van der Waals surface area contributed by atoms with Gasteiger partial charge in [0.05, 0.1) is 6.54 Å². The molecule has 0 aromatic heterocycles. The number of hydrogen-bond acceptors (Lipinski definition) is 5. The van der Waals surface area contributed by atoms with Crippen molar-refractivity contribution in [2.75, 3.05) is 13.1 Å². The number of carbonyl (C=O) groups is 1. The molecule has 0 atom stereocenters. The molecule has 60 heavy (non-hydrogen) atoms. The molecule has 5 rings (SSSR count). The number of isocyanates is 1. The minimum Gasteiger partial charge on any atom is -0.338 e. The third-order valence-corrected chi connectivity index (χ3v) is 9.39. The standard InChI is InChI=1S/C20H25FN2O.C12H15NO.C11H17N.C8H10FN.2H2/c1-20(2,3)17-9-7-16(8-10-17)14-23-19(24)22-12-11-15-5-4-6-18(21)13-15;1-12(2,3)11-6-4-10(5-7-11)8-13-9-14;1-11(2,3)10-6-4-9(8-12)5-7-10;9-8-3-1-2-7(6-8)4-5-10;;/h4-10,13H,11-12,14H2,1-3H3,(H2,22,23,24);4-7H,8H2,1-3H3;4-7H,8,12H2,1-3H3;1-3,6H,4-5,10H2;2*1H. The van der Waals surface area contributed by atoms with Gasteiger partial charge in [-0.25, -0.2) is 23.4 Å². The molecule has 0 saturated carbocycles. The summed E-state index contributed by atoms with van der Waals surface area (Å²) in [4.78, 5) is 25.2. The summed E-state index contributed by atoms with van der Waals surface area (Å²) in [6.07, 6.45) is 2.89. The van der Waals surface area contributed by atoms with E-state index in [1.807, 2.05) is 36.4 Å². The lowest BCUT2D eigenvalue weighted by Crippen LogP contribution is -2.36. The Morgan fingerprint density at radius 3 is 1.38 bits per heavy atom. The van der Waals surface area contributed by atoms with Crippen LogP contribution in [0.25, 0.3) is 0 Å². The van der Waals surface area contributed by atoms with E-state index in [-0.39, 0.29) is 36.8 Å². The number of carbonyl (C=O) groups excluding carboxylic acids is 2. The fourth-order valence-electron chi connectivity index (χ4n) is 5.61. The van der Waals surface area contributed by atoms with Crippen LogP contribution in [0.1, 0.15) is 110 Å². The molecule has 5 aromatic carbocycles. The first-order chi connectivity index (χ1) is 28.2. The summed E-state index contributed by atoms with van der Waals surface area (Å²) in [7, 11) is 0. The molecule has 0 aliphatic heterocycles. The van der Waals surface area contributed by atoms with Gasteiger partial charge in [-0.1, -0.05) is 159 Å². The van der Waals surface area contributed by atoms with Crippen LogP contribution in [0.15, 0.2) is 126 Å². The highest BCUT2D eigenvalue weighted by Gasteiger charge is 2.14. The van der Waals surface area contributed by atoms with Gasteiger partial charge in [0.2, 0.25) is 6.08 Å². The Balaban J connectivity index is 0.000000843. The molecule has 0 fully saturated rings. The van der Waals surface area contributed by atoms with E-state index in [9.17, 15) is 18.4 Å². The van der Waals surface area contributed by atoms with E-state index in [0.29, 0.717) is 39.1 Å². The van der Waals surface area contributed by atoms with E-state index in [0.717, 1.165) is 28.7 Å². The summed E-state index contributed by atoms with van der Waals surface area (Å²) in [5, 5.41) is 5.61. The molecule has 326 valence electrons. The van der Waals surface area contributed by atoms with Gasteiger partial charge in [-0.3, -0.25) is 0 Å². The van der Waals surface area contributed by atoms with Crippen LogP contribution in [-0.2, 0) is 53.5 Å². The molecular weight excluding hydrogens is 753 g/mol. The van der Waals surface area contributed by atoms with Gasteiger partial charge in [0.1, 0.15) is 11.6 Å². The summed E-state index contributed by atoms with van der Waals surface area (Å²) >= 11 is 0. The van der Waals surface area contributed by atoms with Crippen molar-refractivity contribution in [2.45, 2.75) is 111 Å². The highest BCUT2D eigenvalue weighted by molar-refractivity contribution is 5.73. The summed E-state index contributed by atoms with van der Waals surface area (Å²) in [5.74, 6) is -0.443. The second-order valence-corrected chi connectivity index (χ2v) is 17.6. The van der Waals surface area contributed by atoms with Crippen molar-refractivity contribution in [1.82, 2.24) is 10.6 Å². The molecule has 0 aliphatic rings. The van der Waals surface area contributed by atoms with Gasteiger partial charge < -0.3 is 22.1 Å². The Labute approximate surface area is 361 Å². The monoisotopic (exact) mass is 824 g/mol. The molecular formula is C51H71F2N5O2. The van der Waals surface area contributed by atoms with Crippen LogP contribution in [0.5, 0.6) is 0 Å². The second kappa shape index (κ2) is 25.2. The number of urea groups is 1. The molecule has 7 nitrogen and oxygen atoms in total. The van der Waals surface area contributed by atoms with Crippen LogP contribution in [0.2, 0.25) is 0 Å². The molecule has 0 spiro atoms. The molecule has 5 aromatic rings. The zero-order valence-electron chi connectivity index (χ0n) is 37.2. The molecule has 6 N–H and O–H groups in total. The Kier molecular flexibility index (Phi) is 21.3. The third kappa shape index (κ3) is 20.5. The first-order valence-electron chi connectivity index (χ1n) is 20.5. The highest BCUT2D eigenvalue weighted by atomic mass is 19.1. The average molecular weight is 824 g/mol. The molecule has 0 bridgehead atoms. The van der Waals surface area contributed by atoms with Gasteiger partial charge >= 0.3 is 6.03 Å². The van der Waals surface area contributed by atoms with Crippen LogP contribution in [-0.4, -0.2) is 25.2 Å². The van der Waals surface area contributed by atoms with Gasteiger partial charge in [0, 0.05) is 22.5 Å². The number of nitrogens with one attached hydrogen (secondary N) is 2. The maximum atomic E-state index is 13.1. The third-order valence-electron chi connectivity index (χ3n) is 9.39. The van der Waals surface area contributed by atoms with E-state index in [2.05, 4.69) is 126 Å². The molecule has 0 saturated heterocycles. The Hall–Kier alpha value is -5.47. The van der Waals surface area contributed by atoms with Crippen molar-refractivity contribution < 1.29 is 21.2 Å². The smallest absolute Gasteiger partial charge is 0.315 e. The first-order valence-corrected chi connectivity index (χ1v) is 20.5. The van der Waals surface area contributed by atoms with Gasteiger partial charge in [-0.2, -0.15) is 0 Å². The number of aliphatic imine (C=N–C) groups is 1. The predicted octanol–water partition coefficient (Wildman–Crippen LogP) is 11.2. The van der Waals surface area contributed by atoms with E-state index in [1.54, 1.807) is 12.1 Å². The average Bonchev–Trinajstić information content (AvgIpc) is 3.19. The minimum atomic E-state index is -0.254. The number of rotatable bonds is 10. The molecule has 2 amide bonds. The molecule has 0 unspecified atom stereocenters.